The molecule has 0 aromatic heterocycles. The summed E-state index contributed by atoms with van der Waals surface area (Å²) in [6, 6.07) is 6.84. The molecule has 0 aliphatic carbocycles. The van der Waals surface area contributed by atoms with Gasteiger partial charge in [-0.2, -0.15) is 8.42 Å². The molecule has 1 atom stereocenters. The van der Waals surface area contributed by atoms with Crippen LogP contribution in [0.25, 0.3) is 0 Å². The van der Waals surface area contributed by atoms with Crippen molar-refractivity contribution in [2.75, 3.05) is 12.3 Å². The highest BCUT2D eigenvalue weighted by molar-refractivity contribution is 7.87. The van der Waals surface area contributed by atoms with E-state index in [1.807, 2.05) is 19.9 Å². The summed E-state index contributed by atoms with van der Waals surface area (Å²) in [5.41, 5.74) is 0.828. The Hall–Kier alpha value is -1.76. The summed E-state index contributed by atoms with van der Waals surface area (Å²) >= 11 is 0. The minimum Gasteiger partial charge on any atom is -0.382 e. The molecule has 1 N–H and O–H groups in total. The number of benzene rings is 1. The molecule has 1 rings (SSSR count). The van der Waals surface area contributed by atoms with Crippen LogP contribution in [0, 0.1) is 0 Å². The highest BCUT2D eigenvalue weighted by atomic mass is 32.2. The van der Waals surface area contributed by atoms with Crippen LogP contribution < -0.4 is 9.50 Å². The molecular weight excluding hydrogens is 340 g/mol. The molecule has 0 aliphatic heterocycles. The van der Waals surface area contributed by atoms with Crippen molar-refractivity contribution in [2.45, 2.75) is 59.5 Å². The fourth-order valence-electron chi connectivity index (χ4n) is 2.22. The number of urea groups is 1. The van der Waals surface area contributed by atoms with Gasteiger partial charge in [-0.25, -0.2) is 4.79 Å². The summed E-state index contributed by atoms with van der Waals surface area (Å²) in [4.78, 5) is 14.2. The van der Waals surface area contributed by atoms with Crippen LogP contribution in [0.5, 0.6) is 5.75 Å². The lowest BCUT2D eigenvalue weighted by atomic mass is 10.1. The SMILES string of the molecule is CCCCNC(=O)N(Cc1cccc(OS(=O)(=O)CC)c1)[C@H](C)CC. The van der Waals surface area contributed by atoms with E-state index in [9.17, 15) is 13.2 Å². The normalized spacial score (nSPS) is 12.5. The highest BCUT2D eigenvalue weighted by Gasteiger charge is 2.19. The molecule has 2 amide bonds. The predicted molar refractivity (Wildman–Crippen MR) is 100 cm³/mol. The summed E-state index contributed by atoms with van der Waals surface area (Å²) in [6.07, 6.45) is 2.80. The molecule has 0 radical (unpaired) electrons. The Labute approximate surface area is 151 Å². The Bertz CT molecular complexity index is 646. The van der Waals surface area contributed by atoms with Crippen LogP contribution in [0.1, 0.15) is 52.5 Å². The van der Waals surface area contributed by atoms with Crippen molar-refractivity contribution in [1.29, 1.82) is 0 Å². The van der Waals surface area contributed by atoms with Gasteiger partial charge in [0.2, 0.25) is 0 Å². The van der Waals surface area contributed by atoms with Crippen LogP contribution in [0.3, 0.4) is 0 Å². The fraction of sp³-hybridized carbons (Fsp3) is 0.611. The first kappa shape index (κ1) is 21.3. The van der Waals surface area contributed by atoms with Gasteiger partial charge in [0.1, 0.15) is 5.75 Å². The predicted octanol–water partition coefficient (Wildman–Crippen LogP) is 3.53. The summed E-state index contributed by atoms with van der Waals surface area (Å²) in [5, 5.41) is 2.94. The first-order valence-corrected chi connectivity index (χ1v) is 10.5. The molecule has 0 spiro atoms. The van der Waals surface area contributed by atoms with Crippen LogP contribution in [0.4, 0.5) is 4.79 Å². The number of carbonyl (C=O) groups excluding carboxylic acids is 1. The van der Waals surface area contributed by atoms with Crippen molar-refractivity contribution >= 4 is 16.1 Å². The highest BCUT2D eigenvalue weighted by Crippen LogP contribution is 2.18. The van der Waals surface area contributed by atoms with Gasteiger partial charge < -0.3 is 14.4 Å². The summed E-state index contributed by atoms with van der Waals surface area (Å²) < 4.78 is 28.3. The zero-order valence-electron chi connectivity index (χ0n) is 15.6. The lowest BCUT2D eigenvalue weighted by Crippen LogP contribution is -2.44. The molecule has 1 aromatic rings. The quantitative estimate of drug-likeness (QED) is 0.505. The Morgan fingerprint density at radius 1 is 1.28 bits per heavy atom. The monoisotopic (exact) mass is 370 g/mol. The molecule has 6 nitrogen and oxygen atoms in total. The number of unbranched alkanes of at least 4 members (excludes halogenated alkanes) is 1. The molecule has 0 saturated carbocycles. The smallest absolute Gasteiger partial charge is 0.317 e. The van der Waals surface area contributed by atoms with E-state index < -0.39 is 10.1 Å². The van der Waals surface area contributed by atoms with Gasteiger partial charge in [-0.05, 0) is 44.4 Å². The summed E-state index contributed by atoms with van der Waals surface area (Å²) in [6.45, 7) is 8.70. The van der Waals surface area contributed by atoms with E-state index in [0.717, 1.165) is 24.8 Å². The van der Waals surface area contributed by atoms with E-state index in [1.54, 1.807) is 23.1 Å². The van der Waals surface area contributed by atoms with Crippen LogP contribution in [0.15, 0.2) is 24.3 Å². The topological polar surface area (TPSA) is 75.7 Å². The Balaban J connectivity index is 2.88. The van der Waals surface area contributed by atoms with Crippen molar-refractivity contribution in [2.24, 2.45) is 0 Å². The van der Waals surface area contributed by atoms with Crippen molar-refractivity contribution in [3.8, 4) is 5.75 Å². The molecule has 7 heteroatoms. The maximum absolute atomic E-state index is 12.5. The second-order valence-corrected chi connectivity index (χ2v) is 7.91. The molecule has 1 aromatic carbocycles. The number of nitrogens with zero attached hydrogens (tertiary/aromatic N) is 1. The largest absolute Gasteiger partial charge is 0.382 e. The second kappa shape index (κ2) is 10.3. The molecule has 0 fully saturated rings. The Morgan fingerprint density at radius 2 is 2.00 bits per heavy atom. The summed E-state index contributed by atoms with van der Waals surface area (Å²) in [7, 11) is -3.56. The lowest BCUT2D eigenvalue weighted by Gasteiger charge is -2.29. The number of hydrogen-bond donors (Lipinski definition) is 1. The van der Waals surface area contributed by atoms with Gasteiger partial charge in [0.25, 0.3) is 0 Å². The van der Waals surface area contributed by atoms with Gasteiger partial charge in [-0.15, -0.1) is 0 Å². The molecule has 0 aliphatic rings. The van der Waals surface area contributed by atoms with E-state index in [2.05, 4.69) is 12.2 Å². The average molecular weight is 371 g/mol. The molecule has 0 unspecified atom stereocenters. The van der Waals surface area contributed by atoms with Gasteiger partial charge >= 0.3 is 16.1 Å². The zero-order valence-corrected chi connectivity index (χ0v) is 16.4. The number of nitrogens with one attached hydrogen (secondary N) is 1. The lowest BCUT2D eigenvalue weighted by molar-refractivity contribution is 0.173. The standard InChI is InChI=1S/C18H30N2O4S/c1-5-8-12-19-18(21)20(15(4)6-2)14-16-10-9-11-17(13-16)24-25(22,23)7-3/h9-11,13,15H,5-8,12,14H2,1-4H3,(H,19,21)/t15-/m1/s1. The third-order valence-electron chi connectivity index (χ3n) is 4.02. The van der Waals surface area contributed by atoms with E-state index in [-0.39, 0.29) is 23.6 Å². The van der Waals surface area contributed by atoms with E-state index in [0.29, 0.717) is 13.1 Å². The first-order chi connectivity index (χ1) is 11.8. The molecule has 0 saturated heterocycles. The summed E-state index contributed by atoms with van der Waals surface area (Å²) in [5.74, 6) is 0.186. The minimum atomic E-state index is -3.56. The fourth-order valence-corrected chi connectivity index (χ4v) is 2.73. The van der Waals surface area contributed by atoms with E-state index >= 15 is 0 Å². The molecule has 0 bridgehead atoms. The third-order valence-corrected chi connectivity index (χ3v) is 5.17. The minimum absolute atomic E-state index is 0.0746. The molecule has 25 heavy (non-hydrogen) atoms. The average Bonchev–Trinajstić information content (AvgIpc) is 2.59. The molecular formula is C18H30N2O4S. The van der Waals surface area contributed by atoms with Gasteiger partial charge in [0.15, 0.2) is 0 Å². The third kappa shape index (κ3) is 7.34. The molecule has 0 heterocycles. The molecule has 142 valence electrons. The van der Waals surface area contributed by atoms with E-state index in [4.69, 9.17) is 4.18 Å². The van der Waals surface area contributed by atoms with Crippen molar-refractivity contribution in [3.05, 3.63) is 29.8 Å². The maximum Gasteiger partial charge on any atom is 0.317 e. The first-order valence-electron chi connectivity index (χ1n) is 8.88. The van der Waals surface area contributed by atoms with Crippen molar-refractivity contribution in [3.63, 3.8) is 0 Å². The number of hydrogen-bond acceptors (Lipinski definition) is 4. The van der Waals surface area contributed by atoms with Gasteiger partial charge in [0.05, 0.1) is 5.75 Å². The van der Waals surface area contributed by atoms with E-state index in [1.165, 1.54) is 6.92 Å². The van der Waals surface area contributed by atoms with Crippen LogP contribution >= 0.6 is 0 Å². The Kier molecular flexibility index (Phi) is 8.75. The van der Waals surface area contributed by atoms with Crippen molar-refractivity contribution in [1.82, 2.24) is 10.2 Å². The second-order valence-electron chi connectivity index (χ2n) is 6.05. The van der Waals surface area contributed by atoms with Gasteiger partial charge in [0, 0.05) is 19.1 Å². The number of amides is 2. The zero-order chi connectivity index (χ0) is 18.9. The van der Waals surface area contributed by atoms with Crippen LogP contribution in [-0.4, -0.2) is 37.7 Å². The number of rotatable bonds is 10. The van der Waals surface area contributed by atoms with Gasteiger partial charge in [-0.1, -0.05) is 32.4 Å². The van der Waals surface area contributed by atoms with Crippen molar-refractivity contribution < 1.29 is 17.4 Å². The number of carbonyl (C=O) groups is 1. The van der Waals surface area contributed by atoms with Crippen LogP contribution in [-0.2, 0) is 16.7 Å². The Morgan fingerprint density at radius 3 is 2.60 bits per heavy atom. The van der Waals surface area contributed by atoms with Crippen LogP contribution in [0.2, 0.25) is 0 Å². The van der Waals surface area contributed by atoms with Gasteiger partial charge in [-0.3, -0.25) is 0 Å². The maximum atomic E-state index is 12.5.